The van der Waals surface area contributed by atoms with E-state index < -0.39 is 16.6 Å². The Morgan fingerprint density at radius 3 is 1.42 bits per heavy atom. The van der Waals surface area contributed by atoms with Gasteiger partial charge < -0.3 is 29.4 Å². The monoisotopic (exact) mass is 385 g/mol. The zero-order valence-electron chi connectivity index (χ0n) is 16.7. The summed E-state index contributed by atoms with van der Waals surface area (Å²) in [5.74, 6) is 0. The van der Waals surface area contributed by atoms with Crippen molar-refractivity contribution in [3.8, 4) is 0 Å². The molecule has 0 rings (SSSR count). The van der Waals surface area contributed by atoms with Crippen LogP contribution in [0.3, 0.4) is 0 Å². The SMILES string of the molecule is CCOCC(N)(C(C)PC(C)(OC)OC)C(C)PC(C)(OC)OC. The molecule has 0 aromatic heterocycles. The van der Waals surface area contributed by atoms with Crippen molar-refractivity contribution in [2.75, 3.05) is 41.7 Å². The van der Waals surface area contributed by atoms with Gasteiger partial charge in [-0.15, -0.1) is 0 Å². The maximum absolute atomic E-state index is 6.87. The van der Waals surface area contributed by atoms with Crippen LogP contribution in [-0.2, 0) is 23.7 Å². The van der Waals surface area contributed by atoms with Crippen molar-refractivity contribution < 1.29 is 23.7 Å². The molecule has 0 aliphatic carbocycles. The second kappa shape index (κ2) is 10.7. The summed E-state index contributed by atoms with van der Waals surface area (Å²) in [4.78, 5) is 0. The molecule has 0 saturated heterocycles. The van der Waals surface area contributed by atoms with Crippen LogP contribution in [0.25, 0.3) is 0 Å². The molecule has 0 aromatic carbocycles. The van der Waals surface area contributed by atoms with Gasteiger partial charge in [-0.3, -0.25) is 0 Å². The molecule has 0 bridgehead atoms. The lowest BCUT2D eigenvalue weighted by molar-refractivity contribution is -0.124. The molecule has 24 heavy (non-hydrogen) atoms. The molecule has 0 radical (unpaired) electrons. The minimum absolute atomic E-state index is 0.134. The van der Waals surface area contributed by atoms with Crippen molar-refractivity contribution in [1.82, 2.24) is 0 Å². The summed E-state index contributed by atoms with van der Waals surface area (Å²) in [5, 5.41) is 0. The van der Waals surface area contributed by atoms with Gasteiger partial charge in [-0.05, 0) is 32.1 Å². The molecule has 0 fully saturated rings. The Bertz CT molecular complexity index is 325. The van der Waals surface area contributed by atoms with E-state index in [0.29, 0.717) is 30.4 Å². The highest BCUT2D eigenvalue weighted by Crippen LogP contribution is 2.48. The van der Waals surface area contributed by atoms with Crippen molar-refractivity contribution in [2.24, 2.45) is 5.73 Å². The number of hydrogen-bond acceptors (Lipinski definition) is 6. The summed E-state index contributed by atoms with van der Waals surface area (Å²) in [6.45, 7) is 11.2. The lowest BCUT2D eigenvalue weighted by atomic mass is 9.94. The molecule has 0 aliphatic heterocycles. The maximum Gasteiger partial charge on any atom is 0.180 e. The Labute approximate surface area is 151 Å². The molecule has 0 spiro atoms. The summed E-state index contributed by atoms with van der Waals surface area (Å²) >= 11 is 0. The Kier molecular flexibility index (Phi) is 11.0. The van der Waals surface area contributed by atoms with Gasteiger partial charge >= 0.3 is 0 Å². The van der Waals surface area contributed by atoms with Gasteiger partial charge in [0.15, 0.2) is 11.1 Å². The van der Waals surface area contributed by atoms with E-state index in [1.165, 1.54) is 0 Å². The van der Waals surface area contributed by atoms with Gasteiger partial charge in [0, 0.05) is 35.0 Å². The third kappa shape index (κ3) is 6.74. The van der Waals surface area contributed by atoms with Crippen molar-refractivity contribution >= 4 is 17.2 Å². The summed E-state index contributed by atoms with van der Waals surface area (Å²) in [6, 6.07) is 0. The third-order valence-corrected chi connectivity index (χ3v) is 8.49. The predicted molar refractivity (Wildman–Crippen MR) is 104 cm³/mol. The van der Waals surface area contributed by atoms with Gasteiger partial charge in [0.25, 0.3) is 0 Å². The first-order valence-corrected chi connectivity index (χ1v) is 10.3. The zero-order chi connectivity index (χ0) is 19.0. The van der Waals surface area contributed by atoms with E-state index in [0.717, 1.165) is 0 Å². The Morgan fingerprint density at radius 2 is 1.17 bits per heavy atom. The second-order valence-corrected chi connectivity index (χ2v) is 10.3. The van der Waals surface area contributed by atoms with Crippen LogP contribution < -0.4 is 5.73 Å². The van der Waals surface area contributed by atoms with Crippen LogP contribution in [0.1, 0.15) is 34.6 Å². The molecular formula is C16H37NO5P2. The van der Waals surface area contributed by atoms with E-state index in [2.05, 4.69) is 13.8 Å². The lowest BCUT2D eigenvalue weighted by Gasteiger charge is -2.45. The van der Waals surface area contributed by atoms with E-state index in [9.17, 15) is 0 Å². The van der Waals surface area contributed by atoms with Crippen LogP contribution in [0, 0.1) is 0 Å². The number of nitrogens with two attached hydrogens (primary N) is 1. The molecule has 4 unspecified atom stereocenters. The summed E-state index contributed by atoms with van der Waals surface area (Å²) < 4.78 is 27.8. The van der Waals surface area contributed by atoms with Crippen molar-refractivity contribution in [1.29, 1.82) is 0 Å². The topological polar surface area (TPSA) is 72.2 Å². The molecule has 2 N–H and O–H groups in total. The van der Waals surface area contributed by atoms with Crippen LogP contribution in [0.15, 0.2) is 0 Å². The molecule has 4 atom stereocenters. The number of hydrogen-bond donors (Lipinski definition) is 1. The Morgan fingerprint density at radius 1 is 0.833 bits per heavy atom. The van der Waals surface area contributed by atoms with Crippen LogP contribution in [0.5, 0.6) is 0 Å². The molecule has 0 amide bonds. The smallest absolute Gasteiger partial charge is 0.180 e. The van der Waals surface area contributed by atoms with Crippen molar-refractivity contribution in [3.63, 3.8) is 0 Å². The Hall–Kier alpha value is 0.620. The number of methoxy groups -OCH3 is 4. The highest BCUT2D eigenvalue weighted by atomic mass is 31.1. The molecule has 0 heterocycles. The van der Waals surface area contributed by atoms with Gasteiger partial charge in [-0.1, -0.05) is 31.0 Å². The first kappa shape index (κ1) is 24.6. The third-order valence-electron chi connectivity index (χ3n) is 4.68. The molecule has 8 heteroatoms. The maximum atomic E-state index is 6.87. The minimum Gasteiger partial charge on any atom is -0.380 e. The molecule has 146 valence electrons. The standard InChI is InChI=1S/C16H37NO5P2/c1-10-22-11-16(17,12(2)23-14(4,18-6)19-7)13(3)24-15(5,20-8)21-9/h12-13,23-24H,10-11,17H2,1-9H3. The average molecular weight is 385 g/mol. The van der Waals surface area contributed by atoms with Crippen molar-refractivity contribution in [3.05, 3.63) is 0 Å². The predicted octanol–water partition coefficient (Wildman–Crippen LogP) is 2.79. The highest BCUT2D eigenvalue weighted by molar-refractivity contribution is 7.41. The van der Waals surface area contributed by atoms with Gasteiger partial charge in [-0.2, -0.15) is 0 Å². The molecule has 0 saturated carbocycles. The molecular weight excluding hydrogens is 348 g/mol. The number of ether oxygens (including phenoxy) is 5. The van der Waals surface area contributed by atoms with Crippen molar-refractivity contribution in [2.45, 2.75) is 62.5 Å². The average Bonchev–Trinajstić information content (AvgIpc) is 2.58. The van der Waals surface area contributed by atoms with Crippen LogP contribution in [-0.4, -0.2) is 69.6 Å². The van der Waals surface area contributed by atoms with E-state index in [4.69, 9.17) is 29.4 Å². The lowest BCUT2D eigenvalue weighted by Crippen LogP contribution is -2.59. The van der Waals surface area contributed by atoms with Gasteiger partial charge in [0.05, 0.1) is 12.1 Å². The fraction of sp³-hybridized carbons (Fsp3) is 1.00. The van der Waals surface area contributed by atoms with Gasteiger partial charge in [-0.25, -0.2) is 0 Å². The van der Waals surface area contributed by atoms with Crippen LogP contribution in [0.4, 0.5) is 0 Å². The summed E-state index contributed by atoms with van der Waals surface area (Å²) in [7, 11) is 7.35. The molecule has 6 nitrogen and oxygen atoms in total. The fourth-order valence-electron chi connectivity index (χ4n) is 2.36. The van der Waals surface area contributed by atoms with E-state index in [-0.39, 0.29) is 11.3 Å². The number of rotatable bonds is 13. The second-order valence-electron chi connectivity index (χ2n) is 6.19. The first-order chi connectivity index (χ1) is 11.1. The minimum atomic E-state index is -0.648. The first-order valence-electron chi connectivity index (χ1n) is 8.19. The fourth-order valence-corrected chi connectivity index (χ4v) is 5.78. The van der Waals surface area contributed by atoms with E-state index in [1.54, 1.807) is 28.4 Å². The van der Waals surface area contributed by atoms with Gasteiger partial charge in [0.2, 0.25) is 0 Å². The zero-order valence-corrected chi connectivity index (χ0v) is 18.7. The normalized spacial score (nSPS) is 19.2. The van der Waals surface area contributed by atoms with Crippen LogP contribution in [0.2, 0.25) is 0 Å². The van der Waals surface area contributed by atoms with E-state index >= 15 is 0 Å². The van der Waals surface area contributed by atoms with E-state index in [1.807, 2.05) is 20.8 Å². The molecule has 0 aliphatic rings. The summed E-state index contributed by atoms with van der Waals surface area (Å²) in [6.07, 6.45) is 0. The Balaban J connectivity index is 5.37. The van der Waals surface area contributed by atoms with Gasteiger partial charge in [0.1, 0.15) is 0 Å². The quantitative estimate of drug-likeness (QED) is 0.388. The highest BCUT2D eigenvalue weighted by Gasteiger charge is 2.44. The molecule has 0 aromatic rings. The van der Waals surface area contributed by atoms with Crippen LogP contribution >= 0.6 is 17.2 Å². The largest absolute Gasteiger partial charge is 0.380 e. The summed E-state index contributed by atoms with van der Waals surface area (Å²) in [5.41, 5.74) is 5.30.